The van der Waals surface area contributed by atoms with Crippen LogP contribution in [0.25, 0.3) is 0 Å². The summed E-state index contributed by atoms with van der Waals surface area (Å²) < 4.78 is 0. The Hall–Kier alpha value is -1.91. The van der Waals surface area contributed by atoms with Crippen LogP contribution in [0.15, 0.2) is 24.5 Å². The van der Waals surface area contributed by atoms with Crippen LogP contribution in [-0.2, 0) is 16.1 Å². The van der Waals surface area contributed by atoms with Crippen molar-refractivity contribution in [2.45, 2.75) is 39.2 Å². The summed E-state index contributed by atoms with van der Waals surface area (Å²) in [5.74, 6) is 0.161. The zero-order valence-electron chi connectivity index (χ0n) is 12.6. The molecule has 0 bridgehead atoms. The maximum atomic E-state index is 12.2. The summed E-state index contributed by atoms with van der Waals surface area (Å²) in [6.07, 6.45) is 7.24. The Morgan fingerprint density at radius 1 is 1.19 bits per heavy atom. The molecule has 5 nitrogen and oxygen atoms in total. The summed E-state index contributed by atoms with van der Waals surface area (Å²) in [6.45, 7) is 4.29. The standard InChI is InChI=1S/C16H23N3O2/c1-14(20)19(13-15-5-8-17-9-6-15)12-7-16(21)18-10-3-2-4-11-18/h5-6,8-9H,2-4,7,10-13H2,1H3. The number of nitrogens with zero attached hydrogens (tertiary/aromatic N) is 3. The number of aromatic nitrogens is 1. The summed E-state index contributed by atoms with van der Waals surface area (Å²) >= 11 is 0. The van der Waals surface area contributed by atoms with E-state index in [2.05, 4.69) is 4.98 Å². The topological polar surface area (TPSA) is 53.5 Å². The van der Waals surface area contributed by atoms with E-state index < -0.39 is 0 Å². The van der Waals surface area contributed by atoms with Crippen LogP contribution in [0, 0.1) is 0 Å². The minimum atomic E-state index is -0.00161. The molecule has 1 aromatic heterocycles. The van der Waals surface area contributed by atoms with Gasteiger partial charge in [-0.3, -0.25) is 14.6 Å². The van der Waals surface area contributed by atoms with Crippen molar-refractivity contribution < 1.29 is 9.59 Å². The summed E-state index contributed by atoms with van der Waals surface area (Å²) in [6, 6.07) is 3.78. The van der Waals surface area contributed by atoms with Crippen molar-refractivity contribution in [1.82, 2.24) is 14.8 Å². The van der Waals surface area contributed by atoms with Gasteiger partial charge in [-0.2, -0.15) is 0 Å². The van der Waals surface area contributed by atoms with Gasteiger partial charge in [-0.05, 0) is 37.0 Å². The van der Waals surface area contributed by atoms with E-state index in [1.165, 1.54) is 6.42 Å². The van der Waals surface area contributed by atoms with Crippen molar-refractivity contribution in [2.75, 3.05) is 19.6 Å². The third-order valence-corrected chi connectivity index (χ3v) is 3.87. The average Bonchev–Trinajstić information content (AvgIpc) is 2.52. The first kappa shape index (κ1) is 15.5. The molecule has 1 aromatic rings. The van der Waals surface area contributed by atoms with Crippen LogP contribution in [0.2, 0.25) is 0 Å². The fourth-order valence-corrected chi connectivity index (χ4v) is 2.59. The summed E-state index contributed by atoms with van der Waals surface area (Å²) in [5, 5.41) is 0. The molecule has 2 amide bonds. The highest BCUT2D eigenvalue weighted by molar-refractivity contribution is 5.78. The number of amides is 2. The molecule has 114 valence electrons. The summed E-state index contributed by atoms with van der Waals surface area (Å²) in [4.78, 5) is 31.5. The van der Waals surface area contributed by atoms with E-state index in [1.807, 2.05) is 17.0 Å². The number of rotatable bonds is 5. The minimum absolute atomic E-state index is 0.00161. The molecule has 0 saturated carbocycles. The van der Waals surface area contributed by atoms with Crippen LogP contribution in [0.4, 0.5) is 0 Å². The van der Waals surface area contributed by atoms with Gasteiger partial charge in [0.25, 0.3) is 0 Å². The molecular formula is C16H23N3O2. The van der Waals surface area contributed by atoms with Gasteiger partial charge in [0.2, 0.25) is 11.8 Å². The Labute approximate surface area is 126 Å². The summed E-state index contributed by atoms with van der Waals surface area (Å²) in [5.41, 5.74) is 1.03. The second kappa shape index (κ2) is 7.76. The Bertz CT molecular complexity index is 470. The Morgan fingerprint density at radius 3 is 2.48 bits per heavy atom. The first-order valence-electron chi connectivity index (χ1n) is 7.59. The fraction of sp³-hybridized carbons (Fsp3) is 0.562. The average molecular weight is 289 g/mol. The molecule has 0 unspecified atom stereocenters. The number of hydrogen-bond donors (Lipinski definition) is 0. The number of likely N-dealkylation sites (tertiary alicyclic amines) is 1. The summed E-state index contributed by atoms with van der Waals surface area (Å²) in [7, 11) is 0. The van der Waals surface area contributed by atoms with Gasteiger partial charge in [0.1, 0.15) is 0 Å². The number of carbonyl (C=O) groups is 2. The van der Waals surface area contributed by atoms with Crippen LogP contribution in [-0.4, -0.2) is 46.2 Å². The Kier molecular flexibility index (Phi) is 5.72. The fourth-order valence-electron chi connectivity index (χ4n) is 2.59. The minimum Gasteiger partial charge on any atom is -0.343 e. The van der Waals surface area contributed by atoms with E-state index >= 15 is 0 Å². The van der Waals surface area contributed by atoms with Gasteiger partial charge < -0.3 is 9.80 Å². The SMILES string of the molecule is CC(=O)N(CCC(=O)N1CCCCC1)Cc1ccncc1. The van der Waals surface area contributed by atoms with Gasteiger partial charge in [0.15, 0.2) is 0 Å². The number of piperidine rings is 1. The van der Waals surface area contributed by atoms with Crippen molar-refractivity contribution in [3.05, 3.63) is 30.1 Å². The molecule has 5 heteroatoms. The van der Waals surface area contributed by atoms with E-state index in [4.69, 9.17) is 0 Å². The van der Waals surface area contributed by atoms with E-state index in [0.717, 1.165) is 31.5 Å². The molecule has 2 rings (SSSR count). The molecule has 1 aliphatic rings. The largest absolute Gasteiger partial charge is 0.343 e. The smallest absolute Gasteiger partial charge is 0.224 e. The molecule has 0 N–H and O–H groups in total. The molecule has 2 heterocycles. The van der Waals surface area contributed by atoms with Crippen LogP contribution in [0.1, 0.15) is 38.2 Å². The van der Waals surface area contributed by atoms with E-state index in [1.54, 1.807) is 24.2 Å². The van der Waals surface area contributed by atoms with Crippen molar-refractivity contribution in [3.63, 3.8) is 0 Å². The van der Waals surface area contributed by atoms with E-state index in [9.17, 15) is 9.59 Å². The third kappa shape index (κ3) is 4.85. The highest BCUT2D eigenvalue weighted by Crippen LogP contribution is 2.11. The quantitative estimate of drug-likeness (QED) is 0.831. The lowest BCUT2D eigenvalue weighted by Crippen LogP contribution is -2.38. The normalized spacial score (nSPS) is 14.8. The first-order chi connectivity index (χ1) is 10.2. The number of pyridine rings is 1. The molecular weight excluding hydrogens is 266 g/mol. The van der Waals surface area contributed by atoms with Gasteiger partial charge in [-0.15, -0.1) is 0 Å². The molecule has 1 saturated heterocycles. The van der Waals surface area contributed by atoms with Gasteiger partial charge in [0.05, 0.1) is 0 Å². The highest BCUT2D eigenvalue weighted by Gasteiger charge is 2.18. The lowest BCUT2D eigenvalue weighted by Gasteiger charge is -2.28. The van der Waals surface area contributed by atoms with E-state index in [0.29, 0.717) is 19.5 Å². The molecule has 1 aliphatic heterocycles. The lowest BCUT2D eigenvalue weighted by molar-refractivity contribution is -0.134. The molecule has 0 atom stereocenters. The third-order valence-electron chi connectivity index (χ3n) is 3.87. The molecule has 1 fully saturated rings. The van der Waals surface area contributed by atoms with E-state index in [-0.39, 0.29) is 11.8 Å². The van der Waals surface area contributed by atoms with Crippen molar-refractivity contribution in [2.24, 2.45) is 0 Å². The zero-order chi connectivity index (χ0) is 15.1. The highest BCUT2D eigenvalue weighted by atomic mass is 16.2. The van der Waals surface area contributed by atoms with Gasteiger partial charge in [0, 0.05) is 51.9 Å². The molecule has 0 radical (unpaired) electrons. The maximum Gasteiger partial charge on any atom is 0.224 e. The predicted molar refractivity (Wildman–Crippen MR) is 80.4 cm³/mol. The van der Waals surface area contributed by atoms with Crippen molar-refractivity contribution in [3.8, 4) is 0 Å². The van der Waals surface area contributed by atoms with Crippen LogP contribution < -0.4 is 0 Å². The Balaban J connectivity index is 1.85. The molecule has 0 aliphatic carbocycles. The van der Waals surface area contributed by atoms with Gasteiger partial charge in [-0.25, -0.2) is 0 Å². The lowest BCUT2D eigenvalue weighted by atomic mass is 10.1. The first-order valence-corrected chi connectivity index (χ1v) is 7.59. The number of hydrogen-bond acceptors (Lipinski definition) is 3. The predicted octanol–water partition coefficient (Wildman–Crippen LogP) is 1.83. The molecule has 21 heavy (non-hydrogen) atoms. The van der Waals surface area contributed by atoms with Crippen molar-refractivity contribution in [1.29, 1.82) is 0 Å². The molecule has 0 aromatic carbocycles. The van der Waals surface area contributed by atoms with Crippen LogP contribution >= 0.6 is 0 Å². The van der Waals surface area contributed by atoms with Crippen LogP contribution in [0.3, 0.4) is 0 Å². The second-order valence-electron chi connectivity index (χ2n) is 5.49. The maximum absolute atomic E-state index is 12.2. The van der Waals surface area contributed by atoms with Crippen LogP contribution in [0.5, 0.6) is 0 Å². The van der Waals surface area contributed by atoms with Gasteiger partial charge in [-0.1, -0.05) is 0 Å². The van der Waals surface area contributed by atoms with Gasteiger partial charge >= 0.3 is 0 Å². The molecule has 0 spiro atoms. The Morgan fingerprint density at radius 2 is 1.86 bits per heavy atom. The second-order valence-corrected chi connectivity index (χ2v) is 5.49. The number of carbonyl (C=O) groups excluding carboxylic acids is 2. The monoisotopic (exact) mass is 289 g/mol. The van der Waals surface area contributed by atoms with Crippen molar-refractivity contribution >= 4 is 11.8 Å². The zero-order valence-corrected chi connectivity index (χ0v) is 12.6.